The zero-order valence-corrected chi connectivity index (χ0v) is 16.2. The second kappa shape index (κ2) is 6.67. The van der Waals surface area contributed by atoms with Crippen molar-refractivity contribution in [3.05, 3.63) is 0 Å². The molecule has 2 heterocycles. The Morgan fingerprint density at radius 3 is 2.30 bits per heavy atom. The molecule has 3 unspecified atom stereocenters. The summed E-state index contributed by atoms with van der Waals surface area (Å²) in [5, 5.41) is 0. The van der Waals surface area contributed by atoms with E-state index in [1.807, 2.05) is 0 Å². The van der Waals surface area contributed by atoms with Gasteiger partial charge in [0.25, 0.3) is 0 Å². The molecule has 134 valence electrons. The van der Waals surface area contributed by atoms with E-state index in [-0.39, 0.29) is 0 Å². The van der Waals surface area contributed by atoms with E-state index in [4.69, 9.17) is 4.74 Å². The van der Waals surface area contributed by atoms with Crippen LogP contribution in [0.15, 0.2) is 0 Å². The molecule has 0 N–H and O–H groups in total. The lowest BCUT2D eigenvalue weighted by Crippen LogP contribution is -2.71. The first-order chi connectivity index (χ1) is 10.9. The number of piperidine rings is 1. The molecular formula is C21H39NO. The van der Waals surface area contributed by atoms with Gasteiger partial charge in [-0.25, -0.2) is 0 Å². The standard InChI is InChI=1S/C21H39NO/c1-16(2)20(5)11-8-6-7-9-19-18(13-20)10-12-22(17(3)4)21(19)14-23-15-21/h16-19H,6-15H2,1-5H3. The second-order valence-corrected chi connectivity index (χ2v) is 9.65. The summed E-state index contributed by atoms with van der Waals surface area (Å²) in [7, 11) is 0. The van der Waals surface area contributed by atoms with E-state index in [2.05, 4.69) is 39.5 Å². The Balaban J connectivity index is 1.87. The summed E-state index contributed by atoms with van der Waals surface area (Å²) in [6.45, 7) is 15.5. The molecule has 0 aromatic rings. The molecule has 1 spiro atoms. The predicted molar refractivity (Wildman–Crippen MR) is 97.6 cm³/mol. The normalized spacial score (nSPS) is 38.7. The third kappa shape index (κ3) is 3.11. The van der Waals surface area contributed by atoms with Gasteiger partial charge in [0.2, 0.25) is 0 Å². The van der Waals surface area contributed by atoms with Crippen molar-refractivity contribution in [2.24, 2.45) is 23.2 Å². The summed E-state index contributed by atoms with van der Waals surface area (Å²) in [4.78, 5) is 2.81. The average molecular weight is 322 g/mol. The van der Waals surface area contributed by atoms with Gasteiger partial charge in [-0.05, 0) is 69.2 Å². The van der Waals surface area contributed by atoms with Crippen LogP contribution in [0, 0.1) is 23.2 Å². The summed E-state index contributed by atoms with van der Waals surface area (Å²) < 4.78 is 5.81. The fraction of sp³-hybridized carbons (Fsp3) is 1.00. The van der Waals surface area contributed by atoms with Gasteiger partial charge in [0.1, 0.15) is 0 Å². The number of fused-ring (bicyclic) bond motifs is 2. The van der Waals surface area contributed by atoms with Crippen LogP contribution in [0.4, 0.5) is 0 Å². The smallest absolute Gasteiger partial charge is 0.0711 e. The molecule has 0 amide bonds. The lowest BCUT2D eigenvalue weighted by atomic mass is 9.61. The lowest BCUT2D eigenvalue weighted by molar-refractivity contribution is -0.210. The van der Waals surface area contributed by atoms with Crippen molar-refractivity contribution in [2.75, 3.05) is 19.8 Å². The topological polar surface area (TPSA) is 12.5 Å². The quantitative estimate of drug-likeness (QED) is 0.700. The summed E-state index contributed by atoms with van der Waals surface area (Å²) >= 11 is 0. The van der Waals surface area contributed by atoms with Gasteiger partial charge in [-0.2, -0.15) is 0 Å². The Morgan fingerprint density at radius 1 is 1.00 bits per heavy atom. The fourth-order valence-electron chi connectivity index (χ4n) is 5.89. The van der Waals surface area contributed by atoms with Crippen LogP contribution in [0.25, 0.3) is 0 Å². The second-order valence-electron chi connectivity index (χ2n) is 9.65. The molecule has 3 aliphatic rings. The number of hydrogen-bond acceptors (Lipinski definition) is 2. The first kappa shape index (κ1) is 17.7. The number of likely N-dealkylation sites (tertiary alicyclic amines) is 1. The van der Waals surface area contributed by atoms with Gasteiger partial charge in [0.15, 0.2) is 0 Å². The molecule has 1 saturated carbocycles. The third-order valence-electron chi connectivity index (χ3n) is 7.78. The number of nitrogens with zero attached hydrogens (tertiary/aromatic N) is 1. The van der Waals surface area contributed by atoms with Crippen LogP contribution in [0.2, 0.25) is 0 Å². The molecule has 2 saturated heterocycles. The van der Waals surface area contributed by atoms with Crippen LogP contribution in [-0.4, -0.2) is 36.2 Å². The van der Waals surface area contributed by atoms with E-state index < -0.39 is 0 Å². The average Bonchev–Trinajstić information content (AvgIpc) is 2.53. The summed E-state index contributed by atoms with van der Waals surface area (Å²) in [5.74, 6) is 2.58. The zero-order valence-electron chi connectivity index (χ0n) is 16.2. The minimum Gasteiger partial charge on any atom is -0.377 e. The number of ether oxygens (including phenoxy) is 1. The van der Waals surface area contributed by atoms with Crippen molar-refractivity contribution in [2.45, 2.75) is 91.1 Å². The molecular weight excluding hydrogens is 282 g/mol. The maximum Gasteiger partial charge on any atom is 0.0711 e. The van der Waals surface area contributed by atoms with Crippen molar-refractivity contribution in [3.63, 3.8) is 0 Å². The van der Waals surface area contributed by atoms with Gasteiger partial charge in [-0.1, -0.05) is 40.0 Å². The molecule has 2 heteroatoms. The van der Waals surface area contributed by atoms with Crippen LogP contribution in [0.5, 0.6) is 0 Å². The summed E-state index contributed by atoms with van der Waals surface area (Å²) in [5.41, 5.74) is 0.915. The third-order valence-corrected chi connectivity index (χ3v) is 7.78. The van der Waals surface area contributed by atoms with Crippen molar-refractivity contribution < 1.29 is 4.74 Å². The highest BCUT2D eigenvalue weighted by Gasteiger charge is 2.56. The minimum atomic E-state index is 0.374. The van der Waals surface area contributed by atoms with Crippen LogP contribution < -0.4 is 0 Å². The lowest BCUT2D eigenvalue weighted by Gasteiger charge is -2.61. The largest absolute Gasteiger partial charge is 0.377 e. The zero-order chi connectivity index (χ0) is 16.7. The Hall–Kier alpha value is -0.0800. The first-order valence-electron chi connectivity index (χ1n) is 10.2. The van der Waals surface area contributed by atoms with E-state index in [1.54, 1.807) is 0 Å². The van der Waals surface area contributed by atoms with E-state index in [9.17, 15) is 0 Å². The van der Waals surface area contributed by atoms with Gasteiger partial charge in [-0.15, -0.1) is 0 Å². The molecule has 23 heavy (non-hydrogen) atoms. The maximum atomic E-state index is 5.81. The van der Waals surface area contributed by atoms with Crippen LogP contribution in [0.1, 0.15) is 79.6 Å². The highest BCUT2D eigenvalue weighted by Crippen LogP contribution is 2.52. The number of hydrogen-bond donors (Lipinski definition) is 0. The first-order valence-corrected chi connectivity index (χ1v) is 10.2. The monoisotopic (exact) mass is 321 g/mol. The van der Waals surface area contributed by atoms with E-state index in [0.29, 0.717) is 17.0 Å². The Bertz CT molecular complexity index is 401. The van der Waals surface area contributed by atoms with Crippen molar-refractivity contribution in [3.8, 4) is 0 Å². The number of rotatable bonds is 2. The maximum absolute atomic E-state index is 5.81. The van der Waals surface area contributed by atoms with Gasteiger partial charge < -0.3 is 4.74 Å². The van der Waals surface area contributed by atoms with Crippen molar-refractivity contribution in [1.82, 2.24) is 4.90 Å². The molecule has 2 aliphatic heterocycles. The fourth-order valence-corrected chi connectivity index (χ4v) is 5.89. The molecule has 0 radical (unpaired) electrons. The van der Waals surface area contributed by atoms with Gasteiger partial charge in [-0.3, -0.25) is 4.90 Å². The SMILES string of the molecule is CC(C)N1CCC2CC(C)(C(C)C)CCCCCC2C12COC2. The Kier molecular flexibility index (Phi) is 5.14. The molecule has 3 rings (SSSR count). The molecule has 2 nitrogen and oxygen atoms in total. The molecule has 0 bridgehead atoms. The highest BCUT2D eigenvalue weighted by molar-refractivity contribution is 5.08. The van der Waals surface area contributed by atoms with Crippen LogP contribution >= 0.6 is 0 Å². The van der Waals surface area contributed by atoms with Crippen LogP contribution in [0.3, 0.4) is 0 Å². The van der Waals surface area contributed by atoms with Crippen molar-refractivity contribution in [1.29, 1.82) is 0 Å². The highest BCUT2D eigenvalue weighted by atomic mass is 16.5. The Labute approximate surface area is 144 Å². The van der Waals surface area contributed by atoms with E-state index in [1.165, 1.54) is 51.5 Å². The summed E-state index contributed by atoms with van der Waals surface area (Å²) in [6, 6.07) is 0.656. The van der Waals surface area contributed by atoms with E-state index in [0.717, 1.165) is 31.0 Å². The Morgan fingerprint density at radius 2 is 1.74 bits per heavy atom. The predicted octanol–water partition coefficient (Wildman–Crippen LogP) is 5.12. The minimum absolute atomic E-state index is 0.374. The molecule has 3 fully saturated rings. The molecule has 3 atom stereocenters. The molecule has 0 aromatic carbocycles. The molecule has 0 aromatic heterocycles. The van der Waals surface area contributed by atoms with Gasteiger partial charge >= 0.3 is 0 Å². The van der Waals surface area contributed by atoms with Crippen LogP contribution in [-0.2, 0) is 4.74 Å². The van der Waals surface area contributed by atoms with Gasteiger partial charge in [0, 0.05) is 6.04 Å². The van der Waals surface area contributed by atoms with E-state index >= 15 is 0 Å². The van der Waals surface area contributed by atoms with Crippen molar-refractivity contribution >= 4 is 0 Å². The molecule has 1 aliphatic carbocycles. The summed E-state index contributed by atoms with van der Waals surface area (Å²) in [6.07, 6.45) is 10.0. The van der Waals surface area contributed by atoms with Gasteiger partial charge in [0.05, 0.1) is 18.8 Å².